The van der Waals surface area contributed by atoms with Gasteiger partial charge in [-0.15, -0.1) is 0 Å². The molecular formula is C19H38N4S. The van der Waals surface area contributed by atoms with Gasteiger partial charge in [0.1, 0.15) is 0 Å². The highest BCUT2D eigenvalue weighted by Crippen LogP contribution is 2.28. The molecule has 2 N–H and O–H groups in total. The normalized spacial score (nSPS) is 26.7. The van der Waals surface area contributed by atoms with Crippen LogP contribution in [0.15, 0.2) is 4.99 Å². The monoisotopic (exact) mass is 354 g/mol. The fraction of sp³-hybridized carbons (Fsp3) is 0.947. The van der Waals surface area contributed by atoms with Crippen molar-refractivity contribution in [2.45, 2.75) is 70.1 Å². The van der Waals surface area contributed by atoms with E-state index < -0.39 is 0 Å². The van der Waals surface area contributed by atoms with E-state index in [0.717, 1.165) is 30.2 Å². The Morgan fingerprint density at radius 3 is 2.62 bits per heavy atom. The minimum atomic E-state index is 0.607. The third kappa shape index (κ3) is 7.22. The molecule has 24 heavy (non-hydrogen) atoms. The van der Waals surface area contributed by atoms with Gasteiger partial charge in [0.05, 0.1) is 0 Å². The summed E-state index contributed by atoms with van der Waals surface area (Å²) in [5, 5.41) is 7.88. The maximum atomic E-state index is 4.79. The van der Waals surface area contributed by atoms with Gasteiger partial charge < -0.3 is 15.5 Å². The fourth-order valence-corrected chi connectivity index (χ4v) is 4.52. The molecule has 2 atom stereocenters. The van der Waals surface area contributed by atoms with E-state index in [0.29, 0.717) is 6.04 Å². The zero-order valence-corrected chi connectivity index (χ0v) is 16.8. The standard InChI is InChI=1S/C19H38N4S/c1-4-20-19(22-17-7-8-18(15-17)24-3)21-11-5-6-12-23-13-9-16(2)10-14-23/h16-18H,4-15H2,1-3H3,(H2,20,21,22). The smallest absolute Gasteiger partial charge is 0.191 e. The van der Waals surface area contributed by atoms with E-state index in [1.54, 1.807) is 0 Å². The SMILES string of the molecule is CCNC(=NCCCCN1CCC(C)CC1)NC1CCC(SC)C1. The molecule has 2 rings (SSSR count). The van der Waals surface area contributed by atoms with E-state index in [1.165, 1.54) is 64.6 Å². The Balaban J connectivity index is 1.62. The molecule has 1 aliphatic heterocycles. The molecule has 1 aliphatic carbocycles. The minimum absolute atomic E-state index is 0.607. The average Bonchev–Trinajstić information content (AvgIpc) is 3.04. The van der Waals surface area contributed by atoms with Gasteiger partial charge in [-0.1, -0.05) is 6.92 Å². The number of likely N-dealkylation sites (tertiary alicyclic amines) is 1. The molecule has 0 aromatic heterocycles. The van der Waals surface area contributed by atoms with Gasteiger partial charge in [-0.3, -0.25) is 4.99 Å². The number of nitrogens with zero attached hydrogens (tertiary/aromatic N) is 2. The average molecular weight is 355 g/mol. The van der Waals surface area contributed by atoms with E-state index in [9.17, 15) is 0 Å². The molecule has 0 amide bonds. The molecule has 1 saturated carbocycles. The molecule has 2 unspecified atom stereocenters. The van der Waals surface area contributed by atoms with Crippen LogP contribution in [0.25, 0.3) is 0 Å². The number of piperidine rings is 1. The molecule has 5 heteroatoms. The molecule has 0 spiro atoms. The van der Waals surface area contributed by atoms with Gasteiger partial charge in [0.25, 0.3) is 0 Å². The van der Waals surface area contributed by atoms with Crippen LogP contribution in [-0.2, 0) is 0 Å². The minimum Gasteiger partial charge on any atom is -0.357 e. The molecule has 1 heterocycles. The molecule has 0 aromatic rings. The number of aliphatic imine (C=N–C) groups is 1. The number of hydrogen-bond acceptors (Lipinski definition) is 3. The summed E-state index contributed by atoms with van der Waals surface area (Å²) in [5.41, 5.74) is 0. The van der Waals surface area contributed by atoms with Crippen molar-refractivity contribution in [3.63, 3.8) is 0 Å². The first-order chi connectivity index (χ1) is 11.7. The van der Waals surface area contributed by atoms with Gasteiger partial charge in [0.15, 0.2) is 5.96 Å². The van der Waals surface area contributed by atoms with Crippen molar-refractivity contribution >= 4 is 17.7 Å². The van der Waals surface area contributed by atoms with Crippen LogP contribution < -0.4 is 10.6 Å². The highest BCUT2D eigenvalue weighted by atomic mass is 32.2. The highest BCUT2D eigenvalue weighted by molar-refractivity contribution is 7.99. The van der Waals surface area contributed by atoms with Crippen LogP contribution in [0.5, 0.6) is 0 Å². The molecule has 140 valence electrons. The van der Waals surface area contributed by atoms with Gasteiger partial charge >= 0.3 is 0 Å². The van der Waals surface area contributed by atoms with Crippen molar-refractivity contribution in [2.75, 3.05) is 39.0 Å². The molecular weight excluding hydrogens is 316 g/mol. The lowest BCUT2D eigenvalue weighted by molar-refractivity contribution is 0.190. The first kappa shape index (κ1) is 19.9. The van der Waals surface area contributed by atoms with Gasteiger partial charge in [0, 0.05) is 24.4 Å². The summed E-state index contributed by atoms with van der Waals surface area (Å²) < 4.78 is 0. The topological polar surface area (TPSA) is 39.7 Å². The number of nitrogens with one attached hydrogen (secondary N) is 2. The predicted molar refractivity (Wildman–Crippen MR) is 108 cm³/mol. The summed E-state index contributed by atoms with van der Waals surface area (Å²) in [6.45, 7) is 10.3. The van der Waals surface area contributed by atoms with E-state index >= 15 is 0 Å². The lowest BCUT2D eigenvalue weighted by Gasteiger charge is -2.30. The van der Waals surface area contributed by atoms with Crippen molar-refractivity contribution in [3.05, 3.63) is 0 Å². The lowest BCUT2D eigenvalue weighted by Crippen LogP contribution is -2.42. The van der Waals surface area contributed by atoms with Gasteiger partial charge in [-0.25, -0.2) is 0 Å². The van der Waals surface area contributed by atoms with E-state index in [2.05, 4.69) is 35.6 Å². The Labute approximate surface area is 153 Å². The number of thioether (sulfide) groups is 1. The van der Waals surface area contributed by atoms with Crippen LogP contribution in [-0.4, -0.2) is 61.1 Å². The molecule has 2 aliphatic rings. The third-order valence-corrected chi connectivity index (χ3v) is 6.53. The van der Waals surface area contributed by atoms with Gasteiger partial charge in [0.2, 0.25) is 0 Å². The molecule has 0 radical (unpaired) electrons. The second kappa shape index (κ2) is 11.2. The Morgan fingerprint density at radius 2 is 1.96 bits per heavy atom. The predicted octanol–water partition coefficient (Wildman–Crippen LogP) is 3.34. The van der Waals surface area contributed by atoms with E-state index in [-0.39, 0.29) is 0 Å². The van der Waals surface area contributed by atoms with Gasteiger partial charge in [-0.05, 0) is 83.7 Å². The van der Waals surface area contributed by atoms with Crippen molar-refractivity contribution < 1.29 is 0 Å². The lowest BCUT2D eigenvalue weighted by atomic mass is 9.99. The summed E-state index contributed by atoms with van der Waals surface area (Å²) in [5.74, 6) is 1.96. The quantitative estimate of drug-likeness (QED) is 0.398. The molecule has 4 nitrogen and oxygen atoms in total. The Kier molecular flexibility index (Phi) is 9.32. The number of unbranched alkanes of at least 4 members (excludes halogenated alkanes) is 1. The van der Waals surface area contributed by atoms with Crippen LogP contribution in [0.3, 0.4) is 0 Å². The van der Waals surface area contributed by atoms with Crippen molar-refractivity contribution in [1.29, 1.82) is 0 Å². The van der Waals surface area contributed by atoms with Crippen LogP contribution in [0, 0.1) is 5.92 Å². The second-order valence-electron chi connectivity index (χ2n) is 7.50. The van der Waals surface area contributed by atoms with Gasteiger partial charge in [-0.2, -0.15) is 11.8 Å². The second-order valence-corrected chi connectivity index (χ2v) is 8.64. The first-order valence-electron chi connectivity index (χ1n) is 10.0. The van der Waals surface area contributed by atoms with Crippen molar-refractivity contribution in [2.24, 2.45) is 10.9 Å². The summed E-state index contributed by atoms with van der Waals surface area (Å²) in [6, 6.07) is 0.607. The summed E-state index contributed by atoms with van der Waals surface area (Å²) in [6.07, 6.45) is 11.4. The largest absolute Gasteiger partial charge is 0.357 e. The Hall–Kier alpha value is -0.420. The molecule has 0 aromatic carbocycles. The molecule has 0 bridgehead atoms. The maximum absolute atomic E-state index is 4.79. The van der Waals surface area contributed by atoms with Crippen molar-refractivity contribution in [1.82, 2.24) is 15.5 Å². The zero-order valence-electron chi connectivity index (χ0n) is 16.0. The summed E-state index contributed by atoms with van der Waals surface area (Å²) >= 11 is 2.01. The van der Waals surface area contributed by atoms with Crippen LogP contribution in [0.1, 0.15) is 58.8 Å². The Morgan fingerprint density at radius 1 is 1.17 bits per heavy atom. The Bertz CT molecular complexity index is 366. The summed E-state index contributed by atoms with van der Waals surface area (Å²) in [4.78, 5) is 7.42. The number of rotatable bonds is 8. The third-order valence-electron chi connectivity index (χ3n) is 5.43. The molecule has 1 saturated heterocycles. The van der Waals surface area contributed by atoms with Crippen LogP contribution in [0.2, 0.25) is 0 Å². The summed E-state index contributed by atoms with van der Waals surface area (Å²) in [7, 11) is 0. The van der Waals surface area contributed by atoms with Crippen LogP contribution in [0.4, 0.5) is 0 Å². The van der Waals surface area contributed by atoms with E-state index in [4.69, 9.17) is 4.99 Å². The zero-order chi connectivity index (χ0) is 17.2. The molecule has 2 fully saturated rings. The fourth-order valence-electron chi connectivity index (χ4n) is 3.72. The van der Waals surface area contributed by atoms with Crippen LogP contribution >= 0.6 is 11.8 Å². The highest BCUT2D eigenvalue weighted by Gasteiger charge is 2.24. The first-order valence-corrected chi connectivity index (χ1v) is 11.3. The number of guanidine groups is 1. The van der Waals surface area contributed by atoms with E-state index in [1.807, 2.05) is 11.8 Å². The van der Waals surface area contributed by atoms with Crippen molar-refractivity contribution in [3.8, 4) is 0 Å². The maximum Gasteiger partial charge on any atom is 0.191 e. The number of hydrogen-bond donors (Lipinski definition) is 2.